The molecule has 0 amide bonds. The van der Waals surface area contributed by atoms with Crippen LogP contribution in [0.3, 0.4) is 0 Å². The van der Waals surface area contributed by atoms with Crippen molar-refractivity contribution in [3.05, 3.63) is 69.6 Å². The number of ketones is 1. The third-order valence-corrected chi connectivity index (χ3v) is 7.14. The molecule has 1 aromatic heterocycles. The number of carbonyl (C=O) groups is 1. The zero-order valence-electron chi connectivity index (χ0n) is 18.9. The first-order valence-electron chi connectivity index (χ1n) is 11.4. The molecular weight excluding hydrogens is 469 g/mol. The Labute approximate surface area is 198 Å². The molecule has 1 aliphatic rings. The maximum absolute atomic E-state index is 13.2. The summed E-state index contributed by atoms with van der Waals surface area (Å²) in [7, 11) is 0. The van der Waals surface area contributed by atoms with E-state index in [4.69, 9.17) is 0 Å². The van der Waals surface area contributed by atoms with Crippen LogP contribution in [0, 0.1) is 12.7 Å². The molecule has 2 aromatic carbocycles. The van der Waals surface area contributed by atoms with Crippen molar-refractivity contribution in [3.8, 4) is 0 Å². The van der Waals surface area contributed by atoms with Gasteiger partial charge in [0.05, 0.1) is 5.52 Å². The molecule has 0 aliphatic carbocycles. The van der Waals surface area contributed by atoms with Crippen molar-refractivity contribution < 1.29 is 9.18 Å². The van der Waals surface area contributed by atoms with Gasteiger partial charge in [0.15, 0.2) is 5.78 Å². The van der Waals surface area contributed by atoms with Crippen LogP contribution in [0.2, 0.25) is 0 Å². The summed E-state index contributed by atoms with van der Waals surface area (Å²) >= 11 is 3.69. The Hall–Kier alpha value is -2.02. The van der Waals surface area contributed by atoms with Gasteiger partial charge in [-0.1, -0.05) is 24.3 Å². The maximum atomic E-state index is 13.2. The predicted octanol–water partition coefficient (Wildman–Crippen LogP) is 5.65. The zero-order valence-corrected chi connectivity index (χ0v) is 20.5. The van der Waals surface area contributed by atoms with E-state index >= 15 is 0 Å². The van der Waals surface area contributed by atoms with Gasteiger partial charge in [-0.05, 0) is 86.0 Å². The van der Waals surface area contributed by atoms with E-state index in [1.165, 1.54) is 5.56 Å². The van der Waals surface area contributed by atoms with Crippen molar-refractivity contribution in [1.82, 2.24) is 14.4 Å². The SMILES string of the molecule is CC(=O)c1c(C)n(CCCN2CCCN(Cc3ccc(F)cc3)CC2)c2c(Br)cccc12. The summed E-state index contributed by atoms with van der Waals surface area (Å²) < 4.78 is 16.5. The molecule has 0 N–H and O–H groups in total. The highest BCUT2D eigenvalue weighted by atomic mass is 79.9. The number of aromatic nitrogens is 1. The lowest BCUT2D eigenvalue weighted by Gasteiger charge is -2.22. The molecular formula is C26H31BrFN3O. The van der Waals surface area contributed by atoms with E-state index in [0.717, 1.165) is 85.3 Å². The number of fused-ring (bicyclic) bond motifs is 1. The fourth-order valence-corrected chi connectivity index (χ4v) is 5.50. The van der Waals surface area contributed by atoms with Gasteiger partial charge in [0, 0.05) is 47.3 Å². The lowest BCUT2D eigenvalue weighted by Crippen LogP contribution is -2.31. The van der Waals surface area contributed by atoms with E-state index in [1.807, 2.05) is 30.3 Å². The topological polar surface area (TPSA) is 28.5 Å². The number of carbonyl (C=O) groups excluding carboxylic acids is 1. The minimum absolute atomic E-state index is 0.123. The number of hydrogen-bond acceptors (Lipinski definition) is 3. The highest BCUT2D eigenvalue weighted by molar-refractivity contribution is 9.10. The number of nitrogens with zero attached hydrogens (tertiary/aromatic N) is 3. The first-order chi connectivity index (χ1) is 15.4. The second-order valence-corrected chi connectivity index (χ2v) is 9.61. The molecule has 0 atom stereocenters. The summed E-state index contributed by atoms with van der Waals surface area (Å²) in [5.41, 5.74) is 4.19. The van der Waals surface area contributed by atoms with Crippen LogP contribution in [-0.2, 0) is 13.1 Å². The average molecular weight is 500 g/mol. The molecule has 3 aromatic rings. The van der Waals surface area contributed by atoms with Gasteiger partial charge in [-0.2, -0.15) is 0 Å². The van der Waals surface area contributed by atoms with Gasteiger partial charge in [0.25, 0.3) is 0 Å². The molecule has 4 rings (SSSR count). The molecule has 2 heterocycles. The van der Waals surface area contributed by atoms with Crippen molar-refractivity contribution in [2.24, 2.45) is 0 Å². The fourth-order valence-electron chi connectivity index (χ4n) is 4.92. The summed E-state index contributed by atoms with van der Waals surface area (Å²) in [5, 5.41) is 1.04. The second kappa shape index (κ2) is 10.3. The molecule has 32 heavy (non-hydrogen) atoms. The van der Waals surface area contributed by atoms with E-state index in [-0.39, 0.29) is 11.6 Å². The molecule has 0 bridgehead atoms. The molecule has 0 spiro atoms. The molecule has 0 saturated carbocycles. The normalized spacial score (nSPS) is 15.9. The van der Waals surface area contributed by atoms with E-state index in [0.29, 0.717) is 0 Å². The first-order valence-corrected chi connectivity index (χ1v) is 12.2. The number of para-hydroxylation sites is 1. The van der Waals surface area contributed by atoms with Gasteiger partial charge in [-0.15, -0.1) is 0 Å². The highest BCUT2D eigenvalue weighted by Crippen LogP contribution is 2.32. The molecule has 1 saturated heterocycles. The summed E-state index contributed by atoms with van der Waals surface area (Å²) in [6, 6.07) is 12.9. The summed E-state index contributed by atoms with van der Waals surface area (Å²) in [5.74, 6) is -0.0536. The van der Waals surface area contributed by atoms with Gasteiger partial charge < -0.3 is 9.47 Å². The van der Waals surface area contributed by atoms with Gasteiger partial charge in [0.2, 0.25) is 0 Å². The molecule has 4 nitrogen and oxygen atoms in total. The van der Waals surface area contributed by atoms with Crippen LogP contribution >= 0.6 is 15.9 Å². The molecule has 1 fully saturated rings. The van der Waals surface area contributed by atoms with Crippen LogP contribution in [0.1, 0.15) is 41.4 Å². The molecule has 0 unspecified atom stereocenters. The third kappa shape index (κ3) is 5.13. The summed E-state index contributed by atoms with van der Waals surface area (Å²) in [6.07, 6.45) is 2.19. The van der Waals surface area contributed by atoms with Gasteiger partial charge in [-0.3, -0.25) is 9.69 Å². The minimum Gasteiger partial charge on any atom is -0.343 e. The standard InChI is InChI=1S/C26H31BrFN3O/c1-19-25(20(2)32)23-6-3-7-24(27)26(23)31(19)15-5-13-29-12-4-14-30(17-16-29)18-21-8-10-22(28)11-9-21/h3,6-11H,4-5,12-18H2,1-2H3. The number of hydrogen-bond donors (Lipinski definition) is 0. The molecule has 6 heteroatoms. The Morgan fingerprint density at radius 1 is 1.00 bits per heavy atom. The number of halogens is 2. The highest BCUT2D eigenvalue weighted by Gasteiger charge is 2.19. The average Bonchev–Trinajstić information content (AvgIpc) is 2.89. The van der Waals surface area contributed by atoms with Crippen molar-refractivity contribution in [3.63, 3.8) is 0 Å². The van der Waals surface area contributed by atoms with Crippen molar-refractivity contribution in [2.45, 2.75) is 39.8 Å². The van der Waals surface area contributed by atoms with Crippen LogP contribution < -0.4 is 0 Å². The van der Waals surface area contributed by atoms with Crippen LogP contribution in [0.5, 0.6) is 0 Å². The van der Waals surface area contributed by atoms with Crippen LogP contribution in [0.4, 0.5) is 4.39 Å². The van der Waals surface area contributed by atoms with Crippen molar-refractivity contribution in [1.29, 1.82) is 0 Å². The first kappa shape index (κ1) is 23.1. The van der Waals surface area contributed by atoms with Crippen LogP contribution in [-0.4, -0.2) is 52.9 Å². The predicted molar refractivity (Wildman–Crippen MR) is 132 cm³/mol. The lowest BCUT2D eigenvalue weighted by atomic mass is 10.1. The Morgan fingerprint density at radius 3 is 2.47 bits per heavy atom. The zero-order chi connectivity index (χ0) is 22.7. The Kier molecular flexibility index (Phi) is 7.44. The van der Waals surface area contributed by atoms with Crippen molar-refractivity contribution >= 4 is 32.6 Å². The fraction of sp³-hybridized carbons (Fsp3) is 0.423. The Balaban J connectivity index is 1.36. The van der Waals surface area contributed by atoms with Gasteiger partial charge in [-0.25, -0.2) is 4.39 Å². The van der Waals surface area contributed by atoms with Crippen molar-refractivity contribution in [2.75, 3.05) is 32.7 Å². The smallest absolute Gasteiger partial charge is 0.162 e. The number of benzene rings is 2. The minimum atomic E-state index is -0.177. The number of rotatable bonds is 7. The monoisotopic (exact) mass is 499 g/mol. The largest absolute Gasteiger partial charge is 0.343 e. The Morgan fingerprint density at radius 2 is 1.72 bits per heavy atom. The van der Waals surface area contributed by atoms with Gasteiger partial charge >= 0.3 is 0 Å². The van der Waals surface area contributed by atoms with Crippen LogP contribution in [0.15, 0.2) is 46.9 Å². The van der Waals surface area contributed by atoms with E-state index in [1.54, 1.807) is 19.1 Å². The summed E-state index contributed by atoms with van der Waals surface area (Å²) in [4.78, 5) is 17.3. The van der Waals surface area contributed by atoms with E-state index < -0.39 is 0 Å². The molecule has 1 aliphatic heterocycles. The van der Waals surface area contributed by atoms with E-state index in [9.17, 15) is 9.18 Å². The van der Waals surface area contributed by atoms with Crippen LogP contribution in [0.25, 0.3) is 10.9 Å². The Bertz CT molecular complexity index is 1090. The quantitative estimate of drug-likeness (QED) is 0.393. The lowest BCUT2D eigenvalue weighted by molar-refractivity contribution is 0.101. The second-order valence-electron chi connectivity index (χ2n) is 8.76. The number of aryl methyl sites for hydroxylation is 1. The van der Waals surface area contributed by atoms with Gasteiger partial charge in [0.1, 0.15) is 5.82 Å². The maximum Gasteiger partial charge on any atom is 0.162 e. The van der Waals surface area contributed by atoms with E-state index in [2.05, 4.69) is 37.2 Å². The molecule has 0 radical (unpaired) electrons. The number of Topliss-reactive ketones (excluding diaryl/α,β-unsaturated/α-hetero) is 1. The third-order valence-electron chi connectivity index (χ3n) is 6.50. The summed E-state index contributed by atoms with van der Waals surface area (Å²) in [6.45, 7) is 10.8. The molecule has 170 valence electrons.